The summed E-state index contributed by atoms with van der Waals surface area (Å²) in [5, 5.41) is 15.0. The van der Waals surface area contributed by atoms with Crippen LogP contribution in [0.1, 0.15) is 22.5 Å². The monoisotopic (exact) mass is 394 g/mol. The predicted octanol–water partition coefficient (Wildman–Crippen LogP) is 3.83. The van der Waals surface area contributed by atoms with Gasteiger partial charge in [-0.15, -0.1) is 0 Å². The summed E-state index contributed by atoms with van der Waals surface area (Å²) in [7, 11) is 0. The number of rotatable bonds is 6. The van der Waals surface area contributed by atoms with Gasteiger partial charge in [-0.3, -0.25) is 14.9 Å². The van der Waals surface area contributed by atoms with E-state index in [1.54, 1.807) is 34.9 Å². The fourth-order valence-corrected chi connectivity index (χ4v) is 3.15. The molecule has 0 aliphatic carbocycles. The zero-order valence-electron chi connectivity index (χ0n) is 15.9. The van der Waals surface area contributed by atoms with Crippen LogP contribution in [0, 0.1) is 29.8 Å². The van der Waals surface area contributed by atoms with E-state index in [9.17, 15) is 19.3 Å². The van der Waals surface area contributed by atoms with Crippen LogP contribution in [-0.4, -0.2) is 21.6 Å². The van der Waals surface area contributed by atoms with Crippen molar-refractivity contribution >= 4 is 17.8 Å². The summed E-state index contributed by atoms with van der Waals surface area (Å²) in [4.78, 5) is 22.6. The highest BCUT2D eigenvalue weighted by atomic mass is 19.1. The van der Waals surface area contributed by atoms with Gasteiger partial charge in [0.15, 0.2) is 0 Å². The lowest BCUT2D eigenvalue weighted by atomic mass is 10.1. The van der Waals surface area contributed by atoms with E-state index in [0.717, 1.165) is 17.0 Å². The standard InChI is InChI=1S/C21H19FN4O3/c1-14-11-17(15(2)25(14)20-10-6-4-8-18(20)22)13-23-24-21(27)12-16-7-3-5-9-19(16)26(28)29/h3-11,13H,12H2,1-2H3,(H,24,27). The number of halogens is 1. The van der Waals surface area contributed by atoms with Gasteiger partial charge < -0.3 is 4.57 Å². The fourth-order valence-electron chi connectivity index (χ4n) is 3.15. The van der Waals surface area contributed by atoms with Gasteiger partial charge in [-0.05, 0) is 32.0 Å². The van der Waals surface area contributed by atoms with E-state index in [1.165, 1.54) is 24.4 Å². The van der Waals surface area contributed by atoms with E-state index in [4.69, 9.17) is 0 Å². The van der Waals surface area contributed by atoms with Gasteiger partial charge in [0.05, 0.1) is 23.2 Å². The molecule has 0 radical (unpaired) electrons. The molecule has 1 N–H and O–H groups in total. The average molecular weight is 394 g/mol. The van der Waals surface area contributed by atoms with E-state index in [2.05, 4.69) is 10.5 Å². The minimum Gasteiger partial charge on any atom is -0.315 e. The van der Waals surface area contributed by atoms with Gasteiger partial charge in [0.25, 0.3) is 5.69 Å². The number of benzene rings is 2. The molecular weight excluding hydrogens is 375 g/mol. The van der Waals surface area contributed by atoms with E-state index in [-0.39, 0.29) is 17.9 Å². The average Bonchev–Trinajstić information content (AvgIpc) is 2.96. The van der Waals surface area contributed by atoms with Gasteiger partial charge in [-0.25, -0.2) is 9.82 Å². The van der Waals surface area contributed by atoms with Gasteiger partial charge >= 0.3 is 0 Å². The molecule has 0 aliphatic rings. The predicted molar refractivity (Wildman–Crippen MR) is 108 cm³/mol. The molecule has 3 rings (SSSR count). The molecule has 148 valence electrons. The summed E-state index contributed by atoms with van der Waals surface area (Å²) in [5.74, 6) is -0.811. The number of hydrogen-bond acceptors (Lipinski definition) is 4. The van der Waals surface area contributed by atoms with Crippen molar-refractivity contribution in [2.45, 2.75) is 20.3 Å². The number of nitro benzene ring substituents is 1. The Bertz CT molecular complexity index is 1110. The Hall–Kier alpha value is -3.81. The van der Waals surface area contributed by atoms with Crippen molar-refractivity contribution in [3.63, 3.8) is 0 Å². The van der Waals surface area contributed by atoms with Crippen LogP contribution in [0.15, 0.2) is 59.7 Å². The summed E-state index contributed by atoms with van der Waals surface area (Å²) in [6.45, 7) is 3.68. The molecule has 29 heavy (non-hydrogen) atoms. The number of nitrogens with one attached hydrogen (secondary N) is 1. The molecule has 7 nitrogen and oxygen atoms in total. The number of nitrogens with zero attached hydrogens (tertiary/aromatic N) is 3. The van der Waals surface area contributed by atoms with Crippen molar-refractivity contribution in [3.8, 4) is 5.69 Å². The number of aryl methyl sites for hydroxylation is 1. The Kier molecular flexibility index (Phi) is 5.82. The van der Waals surface area contributed by atoms with Crippen molar-refractivity contribution in [2.75, 3.05) is 0 Å². The minimum atomic E-state index is -0.524. The molecule has 0 saturated carbocycles. The first-order chi connectivity index (χ1) is 13.9. The van der Waals surface area contributed by atoms with Crippen molar-refractivity contribution in [1.82, 2.24) is 9.99 Å². The molecule has 0 unspecified atom stereocenters. The summed E-state index contributed by atoms with van der Waals surface area (Å²) >= 11 is 0. The second-order valence-electron chi connectivity index (χ2n) is 6.47. The van der Waals surface area contributed by atoms with Crippen LogP contribution < -0.4 is 5.43 Å². The van der Waals surface area contributed by atoms with Crippen molar-refractivity contribution in [2.24, 2.45) is 5.10 Å². The Morgan fingerprint density at radius 2 is 1.90 bits per heavy atom. The molecule has 0 atom stereocenters. The molecule has 0 aliphatic heterocycles. The molecular formula is C21H19FN4O3. The summed E-state index contributed by atoms with van der Waals surface area (Å²) < 4.78 is 15.9. The maximum absolute atomic E-state index is 14.1. The van der Waals surface area contributed by atoms with E-state index in [1.807, 2.05) is 19.9 Å². The van der Waals surface area contributed by atoms with Gasteiger partial charge in [0.2, 0.25) is 5.91 Å². The summed E-state index contributed by atoms with van der Waals surface area (Å²) in [6.07, 6.45) is 1.31. The first kappa shape index (κ1) is 19.9. The zero-order chi connectivity index (χ0) is 21.0. The SMILES string of the molecule is Cc1cc(C=NNC(=O)Cc2ccccc2[N+](=O)[O-])c(C)n1-c1ccccc1F. The molecule has 1 amide bonds. The highest BCUT2D eigenvalue weighted by Crippen LogP contribution is 2.22. The quantitative estimate of drug-likeness (QED) is 0.391. The molecule has 3 aromatic rings. The van der Waals surface area contributed by atoms with Gasteiger partial charge in [0.1, 0.15) is 5.82 Å². The summed E-state index contributed by atoms with van der Waals surface area (Å²) in [5.41, 5.74) is 5.31. The third-order valence-corrected chi connectivity index (χ3v) is 4.50. The highest BCUT2D eigenvalue weighted by Gasteiger charge is 2.15. The molecule has 0 saturated heterocycles. The first-order valence-electron chi connectivity index (χ1n) is 8.86. The number of hydrogen-bond donors (Lipinski definition) is 1. The van der Waals surface area contributed by atoms with Crippen LogP contribution in [0.4, 0.5) is 10.1 Å². The topological polar surface area (TPSA) is 89.5 Å². The Morgan fingerprint density at radius 3 is 2.62 bits per heavy atom. The normalized spacial score (nSPS) is 11.0. The fraction of sp³-hybridized carbons (Fsp3) is 0.143. The lowest BCUT2D eigenvalue weighted by Crippen LogP contribution is -2.20. The van der Waals surface area contributed by atoms with Crippen LogP contribution >= 0.6 is 0 Å². The number of nitro groups is 1. The number of amides is 1. The van der Waals surface area contributed by atoms with Crippen LogP contribution in [0.5, 0.6) is 0 Å². The second kappa shape index (κ2) is 8.47. The molecule has 8 heteroatoms. The largest absolute Gasteiger partial charge is 0.315 e. The molecule has 1 aromatic heterocycles. The van der Waals surface area contributed by atoms with Crippen molar-refractivity contribution < 1.29 is 14.1 Å². The lowest BCUT2D eigenvalue weighted by Gasteiger charge is -2.10. The second-order valence-corrected chi connectivity index (χ2v) is 6.47. The maximum atomic E-state index is 14.1. The van der Waals surface area contributed by atoms with Gasteiger partial charge in [0, 0.05) is 28.6 Å². The molecule has 1 heterocycles. The highest BCUT2D eigenvalue weighted by molar-refractivity contribution is 5.85. The number of carbonyl (C=O) groups is 1. The first-order valence-corrected chi connectivity index (χ1v) is 8.86. The van der Waals surface area contributed by atoms with Crippen molar-refractivity contribution in [3.05, 3.63) is 93.0 Å². The third-order valence-electron chi connectivity index (χ3n) is 4.50. The Balaban J connectivity index is 1.73. The van der Waals surface area contributed by atoms with Crippen molar-refractivity contribution in [1.29, 1.82) is 0 Å². The number of carbonyl (C=O) groups excluding carboxylic acids is 1. The molecule has 2 aromatic carbocycles. The van der Waals surface area contributed by atoms with Crippen LogP contribution in [0.2, 0.25) is 0 Å². The van der Waals surface area contributed by atoms with Crippen LogP contribution in [-0.2, 0) is 11.2 Å². The maximum Gasteiger partial charge on any atom is 0.273 e. The minimum absolute atomic E-state index is 0.111. The zero-order valence-corrected chi connectivity index (χ0v) is 15.9. The van der Waals surface area contributed by atoms with E-state index < -0.39 is 10.8 Å². The summed E-state index contributed by atoms with van der Waals surface area (Å²) in [6, 6.07) is 14.4. The van der Waals surface area contributed by atoms with Gasteiger partial charge in [-0.1, -0.05) is 30.3 Å². The Morgan fingerprint density at radius 1 is 1.21 bits per heavy atom. The van der Waals surface area contributed by atoms with Gasteiger partial charge in [-0.2, -0.15) is 5.10 Å². The number of hydrazone groups is 1. The smallest absolute Gasteiger partial charge is 0.273 e. The molecule has 0 bridgehead atoms. The number of para-hydroxylation sites is 2. The van der Waals surface area contributed by atoms with Crippen LogP contribution in [0.3, 0.4) is 0 Å². The number of aromatic nitrogens is 1. The van der Waals surface area contributed by atoms with E-state index >= 15 is 0 Å². The Labute approximate surface area is 166 Å². The molecule has 0 spiro atoms. The molecule has 0 fully saturated rings. The lowest BCUT2D eigenvalue weighted by molar-refractivity contribution is -0.385. The van der Waals surface area contributed by atoms with E-state index in [0.29, 0.717) is 11.3 Å². The third kappa shape index (κ3) is 4.37. The van der Waals surface area contributed by atoms with Crippen LogP contribution in [0.25, 0.3) is 5.69 Å².